The summed E-state index contributed by atoms with van der Waals surface area (Å²) in [6.45, 7) is 3.81. The maximum atomic E-state index is 10.7. The van der Waals surface area contributed by atoms with Crippen molar-refractivity contribution in [3.8, 4) is 0 Å². The summed E-state index contributed by atoms with van der Waals surface area (Å²) in [4.78, 5) is 6.81. The molecule has 1 saturated carbocycles. The third-order valence-corrected chi connectivity index (χ3v) is 5.05. The lowest BCUT2D eigenvalue weighted by atomic mass is 9.71. The summed E-state index contributed by atoms with van der Waals surface area (Å²) in [5.41, 5.74) is 6.65. The van der Waals surface area contributed by atoms with E-state index in [1.165, 1.54) is 12.8 Å². The van der Waals surface area contributed by atoms with E-state index >= 15 is 0 Å². The SMILES string of the molecule is CC(N)c1ccnc(N2CCC3(O)CCCCC3C2)c1. The predicted molar refractivity (Wildman–Crippen MR) is 80.6 cm³/mol. The molecule has 4 heteroatoms. The first-order valence-electron chi connectivity index (χ1n) is 7.77. The molecule has 0 bridgehead atoms. The first kappa shape index (κ1) is 13.8. The van der Waals surface area contributed by atoms with Crippen molar-refractivity contribution in [1.82, 2.24) is 4.98 Å². The standard InChI is InChI=1S/C16H25N3O/c1-12(17)13-5-8-18-15(10-13)19-9-7-16(20)6-3-2-4-14(16)11-19/h5,8,10,12,14,20H,2-4,6-7,9,11,17H2,1H3. The lowest BCUT2D eigenvalue weighted by Crippen LogP contribution is -2.53. The Morgan fingerprint density at radius 2 is 2.30 bits per heavy atom. The quantitative estimate of drug-likeness (QED) is 0.869. The summed E-state index contributed by atoms with van der Waals surface area (Å²) in [6.07, 6.45) is 7.23. The molecule has 20 heavy (non-hydrogen) atoms. The molecule has 1 aliphatic carbocycles. The lowest BCUT2D eigenvalue weighted by molar-refractivity contribution is -0.0613. The normalized spacial score (nSPS) is 31.8. The molecule has 0 aromatic carbocycles. The van der Waals surface area contributed by atoms with E-state index in [0.29, 0.717) is 5.92 Å². The van der Waals surface area contributed by atoms with Crippen molar-refractivity contribution in [2.24, 2.45) is 11.7 Å². The number of aromatic nitrogens is 1. The van der Waals surface area contributed by atoms with Gasteiger partial charge in [-0.3, -0.25) is 0 Å². The van der Waals surface area contributed by atoms with E-state index in [9.17, 15) is 5.11 Å². The summed E-state index contributed by atoms with van der Waals surface area (Å²) in [5.74, 6) is 1.40. The van der Waals surface area contributed by atoms with Gasteiger partial charge in [0.25, 0.3) is 0 Å². The third-order valence-electron chi connectivity index (χ3n) is 5.05. The zero-order valence-electron chi connectivity index (χ0n) is 12.3. The number of anilines is 1. The molecule has 2 fully saturated rings. The van der Waals surface area contributed by atoms with Crippen LogP contribution in [-0.2, 0) is 0 Å². The molecule has 1 aliphatic heterocycles. The fourth-order valence-corrected chi connectivity index (χ4v) is 3.67. The van der Waals surface area contributed by atoms with Gasteiger partial charge in [0.2, 0.25) is 0 Å². The van der Waals surface area contributed by atoms with E-state index in [0.717, 1.165) is 43.7 Å². The van der Waals surface area contributed by atoms with E-state index in [4.69, 9.17) is 5.73 Å². The van der Waals surface area contributed by atoms with Crippen LogP contribution in [0.4, 0.5) is 5.82 Å². The molecule has 3 unspecified atom stereocenters. The fraction of sp³-hybridized carbons (Fsp3) is 0.688. The Labute approximate surface area is 121 Å². The second-order valence-corrected chi connectivity index (χ2v) is 6.48. The van der Waals surface area contributed by atoms with Crippen molar-refractivity contribution in [2.75, 3.05) is 18.0 Å². The molecule has 4 nitrogen and oxygen atoms in total. The minimum atomic E-state index is -0.423. The molecule has 2 aliphatic rings. The van der Waals surface area contributed by atoms with Crippen LogP contribution in [0.25, 0.3) is 0 Å². The molecular weight excluding hydrogens is 250 g/mol. The first-order valence-corrected chi connectivity index (χ1v) is 7.77. The minimum absolute atomic E-state index is 0.0353. The average Bonchev–Trinajstić information content (AvgIpc) is 2.46. The van der Waals surface area contributed by atoms with Gasteiger partial charge in [0.1, 0.15) is 5.82 Å². The van der Waals surface area contributed by atoms with Crippen molar-refractivity contribution in [2.45, 2.75) is 50.7 Å². The molecule has 3 N–H and O–H groups in total. The maximum absolute atomic E-state index is 10.7. The molecule has 3 atom stereocenters. The Morgan fingerprint density at radius 1 is 1.45 bits per heavy atom. The van der Waals surface area contributed by atoms with Gasteiger partial charge in [-0.05, 0) is 43.9 Å². The topological polar surface area (TPSA) is 62.4 Å². The zero-order chi connectivity index (χ0) is 14.2. The first-order chi connectivity index (χ1) is 9.58. The van der Waals surface area contributed by atoms with Crippen LogP contribution < -0.4 is 10.6 Å². The van der Waals surface area contributed by atoms with Crippen molar-refractivity contribution < 1.29 is 5.11 Å². The fourth-order valence-electron chi connectivity index (χ4n) is 3.67. The van der Waals surface area contributed by atoms with Crippen molar-refractivity contribution in [3.63, 3.8) is 0 Å². The number of hydrogen-bond acceptors (Lipinski definition) is 4. The number of hydrogen-bond donors (Lipinski definition) is 2. The van der Waals surface area contributed by atoms with Crippen molar-refractivity contribution in [1.29, 1.82) is 0 Å². The largest absolute Gasteiger partial charge is 0.389 e. The number of nitrogens with zero attached hydrogens (tertiary/aromatic N) is 2. The van der Waals surface area contributed by atoms with Crippen LogP contribution in [0.3, 0.4) is 0 Å². The van der Waals surface area contributed by atoms with Crippen LogP contribution in [0.2, 0.25) is 0 Å². The average molecular weight is 275 g/mol. The number of rotatable bonds is 2. The summed E-state index contributed by atoms with van der Waals surface area (Å²) in [7, 11) is 0. The summed E-state index contributed by atoms with van der Waals surface area (Å²) >= 11 is 0. The minimum Gasteiger partial charge on any atom is -0.389 e. The van der Waals surface area contributed by atoms with Gasteiger partial charge in [-0.25, -0.2) is 4.98 Å². The summed E-state index contributed by atoms with van der Waals surface area (Å²) < 4.78 is 0. The van der Waals surface area contributed by atoms with Gasteiger partial charge in [0.05, 0.1) is 5.60 Å². The highest BCUT2D eigenvalue weighted by Gasteiger charge is 2.42. The molecule has 1 aromatic rings. The number of pyridine rings is 1. The number of nitrogens with two attached hydrogens (primary N) is 1. The van der Waals surface area contributed by atoms with Gasteiger partial charge in [0, 0.05) is 31.2 Å². The third kappa shape index (κ3) is 2.54. The van der Waals surface area contributed by atoms with Crippen LogP contribution in [-0.4, -0.2) is 28.8 Å². The van der Waals surface area contributed by atoms with E-state index in [-0.39, 0.29) is 6.04 Å². The number of aliphatic hydroxyl groups is 1. The Kier molecular flexibility index (Phi) is 3.69. The Morgan fingerprint density at radius 3 is 3.10 bits per heavy atom. The smallest absolute Gasteiger partial charge is 0.128 e. The molecule has 0 radical (unpaired) electrons. The predicted octanol–water partition coefficient (Wildman–Crippen LogP) is 2.23. The highest BCUT2D eigenvalue weighted by molar-refractivity contribution is 5.42. The van der Waals surface area contributed by atoms with Gasteiger partial charge in [-0.2, -0.15) is 0 Å². The highest BCUT2D eigenvalue weighted by atomic mass is 16.3. The van der Waals surface area contributed by atoms with E-state index in [2.05, 4.69) is 16.0 Å². The zero-order valence-corrected chi connectivity index (χ0v) is 12.3. The second kappa shape index (κ2) is 5.34. The molecule has 1 aromatic heterocycles. The van der Waals surface area contributed by atoms with Gasteiger partial charge >= 0.3 is 0 Å². The molecule has 2 heterocycles. The van der Waals surface area contributed by atoms with Crippen molar-refractivity contribution in [3.05, 3.63) is 23.9 Å². The van der Waals surface area contributed by atoms with Crippen LogP contribution in [0.5, 0.6) is 0 Å². The Bertz CT molecular complexity index is 477. The monoisotopic (exact) mass is 275 g/mol. The molecule has 0 spiro atoms. The van der Waals surface area contributed by atoms with Crippen LogP contribution in [0, 0.1) is 5.92 Å². The van der Waals surface area contributed by atoms with Gasteiger partial charge in [-0.1, -0.05) is 12.8 Å². The maximum Gasteiger partial charge on any atom is 0.128 e. The molecule has 1 saturated heterocycles. The summed E-state index contributed by atoms with van der Waals surface area (Å²) in [5, 5.41) is 10.7. The molecule has 3 rings (SSSR count). The van der Waals surface area contributed by atoms with Crippen LogP contribution in [0.1, 0.15) is 50.6 Å². The molecule has 0 amide bonds. The Balaban J connectivity index is 1.77. The number of piperidine rings is 1. The molecule has 110 valence electrons. The van der Waals surface area contributed by atoms with Crippen LogP contribution in [0.15, 0.2) is 18.3 Å². The van der Waals surface area contributed by atoms with Crippen molar-refractivity contribution >= 4 is 5.82 Å². The van der Waals surface area contributed by atoms with E-state index < -0.39 is 5.60 Å². The van der Waals surface area contributed by atoms with E-state index in [1.54, 1.807) is 0 Å². The summed E-state index contributed by atoms with van der Waals surface area (Å²) in [6, 6.07) is 4.11. The van der Waals surface area contributed by atoms with Gasteiger partial charge < -0.3 is 15.7 Å². The molecular formula is C16H25N3O. The highest BCUT2D eigenvalue weighted by Crippen LogP contribution is 2.40. The number of fused-ring (bicyclic) bond motifs is 1. The van der Waals surface area contributed by atoms with E-state index in [1.807, 2.05) is 19.2 Å². The van der Waals surface area contributed by atoms with Crippen LogP contribution >= 0.6 is 0 Å². The Hall–Kier alpha value is -1.13. The lowest BCUT2D eigenvalue weighted by Gasteiger charge is -2.47. The second-order valence-electron chi connectivity index (χ2n) is 6.48. The van der Waals surface area contributed by atoms with Gasteiger partial charge in [-0.15, -0.1) is 0 Å². The van der Waals surface area contributed by atoms with Gasteiger partial charge in [0.15, 0.2) is 0 Å².